The van der Waals surface area contributed by atoms with Crippen molar-refractivity contribution in [3.63, 3.8) is 0 Å². The van der Waals surface area contributed by atoms with Crippen LogP contribution in [0.5, 0.6) is 0 Å². The third kappa shape index (κ3) is 3.72. The van der Waals surface area contributed by atoms with E-state index in [0.717, 1.165) is 5.56 Å². The van der Waals surface area contributed by atoms with Gasteiger partial charge in [-0.25, -0.2) is 4.39 Å². The van der Waals surface area contributed by atoms with Crippen LogP contribution >= 0.6 is 0 Å². The Kier molecular flexibility index (Phi) is 5.07. The molecule has 24 heavy (non-hydrogen) atoms. The first-order valence-corrected chi connectivity index (χ1v) is 8.28. The molecule has 0 aliphatic rings. The van der Waals surface area contributed by atoms with Crippen molar-refractivity contribution in [2.45, 2.75) is 26.4 Å². The van der Waals surface area contributed by atoms with E-state index in [1.165, 1.54) is 11.1 Å². The molecule has 0 amide bonds. The maximum Gasteiger partial charge on any atom is 0.135 e. The zero-order chi connectivity index (χ0) is 16.9. The van der Waals surface area contributed by atoms with Gasteiger partial charge in [-0.1, -0.05) is 78.4 Å². The van der Waals surface area contributed by atoms with Crippen LogP contribution in [0, 0.1) is 12.7 Å². The van der Waals surface area contributed by atoms with Gasteiger partial charge in [0.25, 0.3) is 0 Å². The summed E-state index contributed by atoms with van der Waals surface area (Å²) in [4.78, 5) is 0. The molecule has 0 saturated carbocycles. The predicted molar refractivity (Wildman–Crippen MR) is 98.3 cm³/mol. The molecule has 0 bridgehead atoms. The molecule has 0 heterocycles. The average Bonchev–Trinajstić information content (AvgIpc) is 2.62. The zero-order valence-electron chi connectivity index (χ0n) is 14.1. The van der Waals surface area contributed by atoms with Crippen LogP contribution in [0.25, 0.3) is 11.1 Å². The maximum atomic E-state index is 14.8. The molecule has 0 saturated heterocycles. The molecule has 0 aliphatic carbocycles. The van der Waals surface area contributed by atoms with E-state index < -0.39 is 0 Å². The lowest BCUT2D eigenvalue weighted by molar-refractivity contribution is 0.545. The lowest BCUT2D eigenvalue weighted by Crippen LogP contribution is -2.19. The van der Waals surface area contributed by atoms with Gasteiger partial charge in [-0.3, -0.25) is 0 Å². The molecule has 0 fully saturated rings. The van der Waals surface area contributed by atoms with Crippen molar-refractivity contribution >= 4 is 0 Å². The molecule has 3 aromatic rings. The van der Waals surface area contributed by atoms with Gasteiger partial charge in [0.2, 0.25) is 0 Å². The lowest BCUT2D eigenvalue weighted by atomic mass is 10.0. The number of halogens is 1. The summed E-state index contributed by atoms with van der Waals surface area (Å²) in [5, 5.41) is 3.41. The monoisotopic (exact) mass is 319 g/mol. The quantitative estimate of drug-likeness (QED) is 0.640. The minimum atomic E-state index is -0.146. The third-order valence-corrected chi connectivity index (χ3v) is 4.34. The largest absolute Gasteiger partial charge is 0.306 e. The fourth-order valence-electron chi connectivity index (χ4n) is 2.79. The topological polar surface area (TPSA) is 12.0 Å². The Labute approximate surface area is 143 Å². The summed E-state index contributed by atoms with van der Waals surface area (Å²) in [7, 11) is 0. The smallest absolute Gasteiger partial charge is 0.135 e. The molecule has 0 aliphatic heterocycles. The summed E-state index contributed by atoms with van der Waals surface area (Å²) in [5.41, 5.74) is 4.70. The van der Waals surface area contributed by atoms with E-state index >= 15 is 0 Å². The third-order valence-electron chi connectivity index (χ3n) is 4.34. The summed E-state index contributed by atoms with van der Waals surface area (Å²) in [6.07, 6.45) is 0. The molecule has 1 atom stereocenters. The molecule has 122 valence electrons. The fourth-order valence-corrected chi connectivity index (χ4v) is 2.79. The minimum Gasteiger partial charge on any atom is -0.306 e. The standard InChI is InChI=1S/C22H22FN/c1-16-11-13-18(14-12-16)17(2)24-15-20-9-6-10-21(22(20)23)19-7-4-3-5-8-19/h3-14,17,24H,15H2,1-2H3/t17-/m1/s1. The highest BCUT2D eigenvalue weighted by Crippen LogP contribution is 2.25. The Hall–Kier alpha value is -2.45. The first kappa shape index (κ1) is 16.4. The number of hydrogen-bond acceptors (Lipinski definition) is 1. The van der Waals surface area contributed by atoms with Gasteiger partial charge in [0, 0.05) is 23.7 Å². The second-order valence-electron chi connectivity index (χ2n) is 6.16. The number of nitrogens with one attached hydrogen (secondary N) is 1. The molecule has 3 aromatic carbocycles. The van der Waals surface area contributed by atoms with E-state index in [0.29, 0.717) is 17.7 Å². The summed E-state index contributed by atoms with van der Waals surface area (Å²) >= 11 is 0. The second-order valence-corrected chi connectivity index (χ2v) is 6.16. The van der Waals surface area contributed by atoms with Crippen LogP contribution in [-0.2, 0) is 6.54 Å². The van der Waals surface area contributed by atoms with Crippen LogP contribution in [-0.4, -0.2) is 0 Å². The van der Waals surface area contributed by atoms with Crippen LogP contribution in [0.4, 0.5) is 4.39 Å². The molecule has 0 spiro atoms. The number of aryl methyl sites for hydroxylation is 1. The van der Waals surface area contributed by atoms with Gasteiger partial charge in [0.05, 0.1) is 0 Å². The fraction of sp³-hybridized carbons (Fsp3) is 0.182. The van der Waals surface area contributed by atoms with Crippen molar-refractivity contribution in [2.75, 3.05) is 0 Å². The highest BCUT2D eigenvalue weighted by atomic mass is 19.1. The van der Waals surface area contributed by atoms with Crippen LogP contribution in [0.2, 0.25) is 0 Å². The van der Waals surface area contributed by atoms with Crippen LogP contribution < -0.4 is 5.32 Å². The van der Waals surface area contributed by atoms with Crippen molar-refractivity contribution in [1.29, 1.82) is 0 Å². The first-order chi connectivity index (χ1) is 11.6. The van der Waals surface area contributed by atoms with E-state index in [1.807, 2.05) is 48.5 Å². The Morgan fingerprint density at radius 1 is 0.875 bits per heavy atom. The predicted octanol–water partition coefficient (Wildman–Crippen LogP) is 5.65. The van der Waals surface area contributed by atoms with Gasteiger partial charge in [-0.2, -0.15) is 0 Å². The van der Waals surface area contributed by atoms with E-state index in [-0.39, 0.29) is 11.9 Å². The highest BCUT2D eigenvalue weighted by Gasteiger charge is 2.11. The Morgan fingerprint density at radius 2 is 1.58 bits per heavy atom. The molecule has 3 rings (SSSR count). The SMILES string of the molecule is Cc1ccc([C@@H](C)NCc2cccc(-c3ccccc3)c2F)cc1. The number of benzene rings is 3. The Bertz CT molecular complexity index is 794. The Morgan fingerprint density at radius 3 is 2.29 bits per heavy atom. The van der Waals surface area contributed by atoms with Crippen molar-refractivity contribution in [3.05, 3.63) is 95.3 Å². The normalized spacial score (nSPS) is 12.1. The second kappa shape index (κ2) is 7.41. The van der Waals surface area contributed by atoms with Crippen LogP contribution in [0.15, 0.2) is 72.8 Å². The summed E-state index contributed by atoms with van der Waals surface area (Å²) in [6.45, 7) is 4.68. The van der Waals surface area contributed by atoms with Gasteiger partial charge in [0.1, 0.15) is 5.82 Å². The van der Waals surface area contributed by atoms with Crippen LogP contribution in [0.3, 0.4) is 0 Å². The maximum absolute atomic E-state index is 14.8. The molecule has 0 unspecified atom stereocenters. The molecule has 0 aromatic heterocycles. The van der Waals surface area contributed by atoms with Gasteiger partial charge in [-0.15, -0.1) is 0 Å². The molecule has 1 N–H and O–H groups in total. The Balaban J connectivity index is 1.75. The van der Waals surface area contributed by atoms with E-state index in [1.54, 1.807) is 0 Å². The van der Waals surface area contributed by atoms with Gasteiger partial charge < -0.3 is 5.32 Å². The summed E-state index contributed by atoms with van der Waals surface area (Å²) in [6, 6.07) is 23.9. The minimum absolute atomic E-state index is 0.146. The highest BCUT2D eigenvalue weighted by molar-refractivity contribution is 5.64. The molecule has 2 heteroatoms. The van der Waals surface area contributed by atoms with Crippen LogP contribution in [0.1, 0.15) is 29.7 Å². The number of hydrogen-bond donors (Lipinski definition) is 1. The number of rotatable bonds is 5. The van der Waals surface area contributed by atoms with E-state index in [2.05, 4.69) is 43.4 Å². The van der Waals surface area contributed by atoms with Crippen molar-refractivity contribution in [3.8, 4) is 11.1 Å². The van der Waals surface area contributed by atoms with Gasteiger partial charge in [-0.05, 0) is 25.0 Å². The van der Waals surface area contributed by atoms with Gasteiger partial charge >= 0.3 is 0 Å². The first-order valence-electron chi connectivity index (χ1n) is 8.28. The van der Waals surface area contributed by atoms with Crippen molar-refractivity contribution in [2.24, 2.45) is 0 Å². The lowest BCUT2D eigenvalue weighted by Gasteiger charge is -2.16. The van der Waals surface area contributed by atoms with E-state index in [4.69, 9.17) is 0 Å². The molecule has 0 radical (unpaired) electrons. The molecule has 1 nitrogen and oxygen atoms in total. The van der Waals surface area contributed by atoms with Gasteiger partial charge in [0.15, 0.2) is 0 Å². The summed E-state index contributed by atoms with van der Waals surface area (Å²) < 4.78 is 14.8. The molecular formula is C22H22FN. The zero-order valence-corrected chi connectivity index (χ0v) is 14.1. The van der Waals surface area contributed by atoms with E-state index in [9.17, 15) is 4.39 Å². The van der Waals surface area contributed by atoms with Crippen molar-refractivity contribution < 1.29 is 4.39 Å². The molecular weight excluding hydrogens is 297 g/mol. The van der Waals surface area contributed by atoms with Crippen molar-refractivity contribution in [1.82, 2.24) is 5.32 Å². The summed E-state index contributed by atoms with van der Waals surface area (Å²) in [5.74, 6) is -0.146. The average molecular weight is 319 g/mol.